The number of nitro groups is 1. The number of carboxylic acid groups (broad SMARTS) is 2. The van der Waals surface area contributed by atoms with Crippen LogP contribution in [0.3, 0.4) is 0 Å². The summed E-state index contributed by atoms with van der Waals surface area (Å²) in [6.45, 7) is 10.1. The number of halogens is 7. The number of carbonyl (C=O) groups is 4. The number of hydrogen-bond donors (Lipinski definition) is 4. The van der Waals surface area contributed by atoms with Crippen LogP contribution in [0.1, 0.15) is 66.6 Å². The highest BCUT2D eigenvalue weighted by Gasteiger charge is 2.45. The lowest BCUT2D eigenvalue weighted by Gasteiger charge is -2.31. The van der Waals surface area contributed by atoms with E-state index in [-0.39, 0.29) is 46.4 Å². The molecule has 3 atom stereocenters. The fraction of sp³-hybridized carbons (Fsp3) is 0.435. The van der Waals surface area contributed by atoms with Gasteiger partial charge in [-0.15, -0.1) is 11.6 Å². The van der Waals surface area contributed by atoms with Gasteiger partial charge in [0.25, 0.3) is 11.6 Å². The van der Waals surface area contributed by atoms with Crippen LogP contribution in [-0.2, 0) is 51.9 Å². The Kier molecular flexibility index (Phi) is 28.6. The molecule has 3 aromatic carbocycles. The van der Waals surface area contributed by atoms with Gasteiger partial charge >= 0.3 is 18.1 Å². The number of nitrogens with one attached hydrogen (secondary N) is 1. The SMILES string of the molecule is CC1(C)OC(c2ccco2)CN1C(=O)C(Cl)Cl.CCc1cccc(C)c1N(C(=O)CCl)C(C)COC.C[S+](C)C.O=C(O)CNCP(=O)([O-])O.O=C(O)c1cc(Oc2ccc(C(F)(F)F)cc2Cl)ccc1[N+](=O)[O-]. The van der Waals surface area contributed by atoms with Gasteiger partial charge in [0.05, 0.1) is 78.3 Å². The summed E-state index contributed by atoms with van der Waals surface area (Å²) < 4.78 is 69.1. The predicted molar refractivity (Wildman–Crippen MR) is 276 cm³/mol. The van der Waals surface area contributed by atoms with Crippen molar-refractivity contribution in [3.63, 3.8) is 0 Å². The molecule has 412 valence electrons. The van der Waals surface area contributed by atoms with Crippen molar-refractivity contribution in [3.05, 3.63) is 116 Å². The van der Waals surface area contributed by atoms with Crippen LogP contribution in [0.2, 0.25) is 5.02 Å². The Morgan fingerprint density at radius 2 is 1.69 bits per heavy atom. The number of alkyl halides is 6. The summed E-state index contributed by atoms with van der Waals surface area (Å²) >= 11 is 22.7. The van der Waals surface area contributed by atoms with Crippen LogP contribution in [0, 0.1) is 17.0 Å². The number of aromatic carboxylic acids is 1. The van der Waals surface area contributed by atoms with E-state index < -0.39 is 70.8 Å². The first-order valence-corrected chi connectivity index (χ1v) is 27.5. The number of methoxy groups -OCH3 is 1. The van der Waals surface area contributed by atoms with Gasteiger partial charge in [-0.1, -0.05) is 59.9 Å². The number of nitrogens with zero attached hydrogens (tertiary/aromatic N) is 3. The van der Waals surface area contributed by atoms with Gasteiger partial charge in [-0.3, -0.25) is 29.8 Å². The van der Waals surface area contributed by atoms with Crippen LogP contribution in [0.25, 0.3) is 0 Å². The van der Waals surface area contributed by atoms with Crippen molar-refractivity contribution in [2.24, 2.45) is 0 Å². The molecule has 1 saturated heterocycles. The minimum atomic E-state index is -4.58. The van der Waals surface area contributed by atoms with Gasteiger partial charge in [-0.05, 0) is 92.5 Å². The summed E-state index contributed by atoms with van der Waals surface area (Å²) in [7, 11) is -2.07. The molecule has 0 bridgehead atoms. The number of aryl methyl sites for hydroxylation is 2. The normalized spacial score (nSPS) is 14.8. The maximum absolute atomic E-state index is 12.6. The van der Waals surface area contributed by atoms with E-state index >= 15 is 0 Å². The van der Waals surface area contributed by atoms with Crippen LogP contribution in [0.15, 0.2) is 77.4 Å². The zero-order chi connectivity index (χ0) is 56.9. The van der Waals surface area contributed by atoms with Crippen molar-refractivity contribution >= 4 is 100 Å². The third-order valence-electron chi connectivity index (χ3n) is 9.39. The standard InChI is InChI=1S/C15H22ClNO2.C14H7ClF3NO5.C11H13Cl2NO3.C3H8NO5P.C3H9S/c1-5-13-8-6-7-11(2)15(13)17(14(18)9-16)12(3)10-19-4;15-10-5-7(14(16,17)18)1-4-12(10)24-8-2-3-11(19(22)23)9(6-8)13(20)21;1-11(2)14(10(15)9(12)13)6-8(17-11)7-4-3-5-16-7;5-3(6)1-4-2-10(7,8)9;1-4(2)3/h6-8,12H,5,9-10H2,1-4H3;1-6H,(H,20,21);3-5,8-9H,6H2,1-2H3;4H,1-2H2,(H,5,6)(H2,7,8,9);1-3H3/q;;;;+1/p-1. The van der Waals surface area contributed by atoms with Crippen molar-refractivity contribution in [2.75, 3.05) is 62.6 Å². The van der Waals surface area contributed by atoms with Crippen LogP contribution in [0.4, 0.5) is 24.5 Å². The first kappa shape index (κ1) is 67.4. The van der Waals surface area contributed by atoms with E-state index in [9.17, 15) is 51.9 Å². The average molecular weight is 1170 g/mol. The largest absolute Gasteiger partial charge is 0.778 e. The minimum Gasteiger partial charge on any atom is -0.778 e. The van der Waals surface area contributed by atoms with Crippen molar-refractivity contribution < 1.29 is 80.5 Å². The van der Waals surface area contributed by atoms with E-state index in [2.05, 4.69) is 31.8 Å². The molecule has 28 heteroatoms. The fourth-order valence-electron chi connectivity index (χ4n) is 6.35. The first-order chi connectivity index (χ1) is 34.2. The number of hydrogen-bond acceptors (Lipinski definition) is 13. The van der Waals surface area contributed by atoms with Gasteiger partial charge in [0.1, 0.15) is 48.1 Å². The third-order valence-corrected chi connectivity index (χ3v) is 10.9. The zero-order valence-corrected chi connectivity index (χ0v) is 46.2. The maximum Gasteiger partial charge on any atom is 0.416 e. The third kappa shape index (κ3) is 23.1. The number of aliphatic carboxylic acids is 1. The summed E-state index contributed by atoms with van der Waals surface area (Å²) in [6.07, 6.45) is 3.46. The van der Waals surface area contributed by atoms with Gasteiger partial charge in [0, 0.05) is 19.2 Å². The smallest absolute Gasteiger partial charge is 0.416 e. The van der Waals surface area contributed by atoms with Gasteiger partial charge in [0.2, 0.25) is 5.91 Å². The fourth-order valence-corrected chi connectivity index (χ4v) is 7.33. The molecule has 4 N–H and O–H groups in total. The molecule has 0 saturated carbocycles. The van der Waals surface area contributed by atoms with E-state index in [1.807, 2.05) is 37.4 Å². The summed E-state index contributed by atoms with van der Waals surface area (Å²) in [4.78, 5) is 74.9. The van der Waals surface area contributed by atoms with Crippen molar-refractivity contribution in [1.29, 1.82) is 0 Å². The van der Waals surface area contributed by atoms with E-state index in [1.165, 1.54) is 4.90 Å². The predicted octanol–water partition coefficient (Wildman–Crippen LogP) is 9.30. The number of amides is 2. The van der Waals surface area contributed by atoms with Crippen LogP contribution in [0.5, 0.6) is 11.5 Å². The van der Waals surface area contributed by atoms with Gasteiger partial charge in [0.15, 0.2) is 4.84 Å². The first-order valence-electron chi connectivity index (χ1n) is 21.5. The molecular formula is C46H58Cl4F3N4O15PS. The molecule has 0 spiro atoms. The number of carboxylic acids is 2. The Morgan fingerprint density at radius 1 is 1.07 bits per heavy atom. The van der Waals surface area contributed by atoms with Crippen molar-refractivity contribution in [2.45, 2.75) is 69.9 Å². The number of ether oxygens (including phenoxy) is 3. The second kappa shape index (κ2) is 31.4. The molecule has 19 nitrogen and oxygen atoms in total. The molecule has 4 aromatic rings. The summed E-state index contributed by atoms with van der Waals surface area (Å²) in [5.41, 5.74) is 0.224. The maximum atomic E-state index is 12.6. The molecule has 1 aromatic heterocycles. The minimum absolute atomic E-state index is 0.0223. The molecule has 2 heterocycles. The van der Waals surface area contributed by atoms with Gasteiger partial charge in [-0.2, -0.15) is 13.2 Å². The number of carbonyl (C=O) groups excluding carboxylic acids is 2. The number of benzene rings is 3. The molecule has 5 rings (SSSR count). The average Bonchev–Trinajstić information content (AvgIpc) is 3.94. The molecule has 1 aliphatic rings. The molecule has 0 radical (unpaired) electrons. The monoisotopic (exact) mass is 1170 g/mol. The van der Waals surface area contributed by atoms with Gasteiger partial charge in [-0.25, -0.2) is 4.79 Å². The topological polar surface area (TPSA) is 272 Å². The number of rotatable bonds is 16. The van der Waals surface area contributed by atoms with E-state index in [4.69, 9.17) is 80.1 Å². The van der Waals surface area contributed by atoms with E-state index in [1.54, 1.807) is 38.2 Å². The van der Waals surface area contributed by atoms with Crippen LogP contribution < -0.4 is 19.8 Å². The Hall–Kier alpha value is -4.65. The lowest BCUT2D eigenvalue weighted by molar-refractivity contribution is -0.385. The Bertz CT molecular complexity index is 2520. The number of nitro benzene ring substituents is 1. The Labute approximate surface area is 448 Å². The molecule has 3 unspecified atom stereocenters. The highest BCUT2D eigenvalue weighted by atomic mass is 35.5. The second-order valence-corrected chi connectivity index (χ2v) is 22.1. The van der Waals surface area contributed by atoms with E-state index in [0.29, 0.717) is 35.9 Å². The molecule has 74 heavy (non-hydrogen) atoms. The van der Waals surface area contributed by atoms with Crippen molar-refractivity contribution in [3.8, 4) is 11.5 Å². The molecule has 0 aliphatic carbocycles. The second-order valence-electron chi connectivity index (χ2n) is 16.3. The number of anilines is 1. The molecule has 1 aliphatic heterocycles. The number of furan rings is 1. The quantitative estimate of drug-likeness (QED) is 0.0267. The highest BCUT2D eigenvalue weighted by molar-refractivity contribution is 7.94. The summed E-state index contributed by atoms with van der Waals surface area (Å²) in [5.74, 6) is -2.78. The van der Waals surface area contributed by atoms with Gasteiger partial charge < -0.3 is 53.0 Å². The number of para-hydroxylation sites is 1. The van der Waals surface area contributed by atoms with Crippen LogP contribution in [-0.4, -0.2) is 123 Å². The lowest BCUT2D eigenvalue weighted by Crippen LogP contribution is -2.45. The lowest BCUT2D eigenvalue weighted by atomic mass is 10.0. The van der Waals surface area contributed by atoms with Crippen LogP contribution >= 0.6 is 54.0 Å². The zero-order valence-electron chi connectivity index (χ0n) is 41.5. The van der Waals surface area contributed by atoms with Crippen molar-refractivity contribution in [1.82, 2.24) is 10.2 Å². The highest BCUT2D eigenvalue weighted by Crippen LogP contribution is 2.39. The van der Waals surface area contributed by atoms with E-state index in [0.717, 1.165) is 53.6 Å². The Balaban J connectivity index is 0.000000498. The summed E-state index contributed by atoms with van der Waals surface area (Å²) in [5, 5.41) is 29.4. The molecule has 2 amide bonds. The molecular weight excluding hydrogens is 1110 g/mol. The Morgan fingerprint density at radius 3 is 2.15 bits per heavy atom. The summed E-state index contributed by atoms with van der Waals surface area (Å²) in [6, 6.07) is 14.9. The molecule has 1 fully saturated rings.